The van der Waals surface area contributed by atoms with Gasteiger partial charge in [0, 0.05) is 24.6 Å². The van der Waals surface area contributed by atoms with Crippen molar-refractivity contribution in [2.24, 2.45) is 10.7 Å². The van der Waals surface area contributed by atoms with Crippen LogP contribution < -0.4 is 10.5 Å². The molecule has 0 saturated carbocycles. The van der Waals surface area contributed by atoms with E-state index >= 15 is 0 Å². The van der Waals surface area contributed by atoms with Gasteiger partial charge in [-0.2, -0.15) is 0 Å². The minimum atomic E-state index is -0.269. The van der Waals surface area contributed by atoms with Crippen LogP contribution in [0.5, 0.6) is 5.75 Å². The van der Waals surface area contributed by atoms with Crippen molar-refractivity contribution in [3.63, 3.8) is 0 Å². The fourth-order valence-corrected chi connectivity index (χ4v) is 3.65. The first kappa shape index (κ1) is 14.1. The Morgan fingerprint density at radius 2 is 2.17 bits per heavy atom. The summed E-state index contributed by atoms with van der Waals surface area (Å²) in [5.74, 6) is 0.757. The maximum Gasteiger partial charge on any atom is 0.282 e. The highest BCUT2D eigenvalue weighted by Gasteiger charge is 2.48. The van der Waals surface area contributed by atoms with Crippen molar-refractivity contribution in [3.8, 4) is 16.9 Å². The van der Waals surface area contributed by atoms with Gasteiger partial charge in [0.25, 0.3) is 6.02 Å². The van der Waals surface area contributed by atoms with Crippen LogP contribution in [0, 0.1) is 0 Å². The molecule has 23 heavy (non-hydrogen) atoms. The van der Waals surface area contributed by atoms with E-state index < -0.39 is 0 Å². The van der Waals surface area contributed by atoms with Gasteiger partial charge in [0.15, 0.2) is 0 Å². The molecule has 2 atom stereocenters. The average Bonchev–Trinajstić information content (AvgIpc) is 3.06. The molecule has 0 fully saturated rings. The molecule has 0 bridgehead atoms. The summed E-state index contributed by atoms with van der Waals surface area (Å²) < 4.78 is 10.9. The summed E-state index contributed by atoms with van der Waals surface area (Å²) in [5.41, 5.74) is 10.4. The van der Waals surface area contributed by atoms with Gasteiger partial charge in [-0.1, -0.05) is 18.2 Å². The van der Waals surface area contributed by atoms with E-state index in [-0.39, 0.29) is 11.6 Å². The lowest BCUT2D eigenvalue weighted by Crippen LogP contribution is -2.36. The van der Waals surface area contributed by atoms with E-state index in [1.807, 2.05) is 19.2 Å². The topological polar surface area (TPSA) is 69.7 Å². The maximum atomic E-state index is 5.80. The van der Waals surface area contributed by atoms with Crippen LogP contribution >= 0.6 is 0 Å². The highest BCUT2D eigenvalue weighted by atomic mass is 16.5. The zero-order valence-corrected chi connectivity index (χ0v) is 13.2. The highest BCUT2D eigenvalue weighted by molar-refractivity contribution is 5.76. The predicted octanol–water partition coefficient (Wildman–Crippen LogP) is 2.33. The molecule has 1 aliphatic carbocycles. The Morgan fingerprint density at radius 1 is 1.30 bits per heavy atom. The highest BCUT2D eigenvalue weighted by Crippen LogP contribution is 2.43. The van der Waals surface area contributed by atoms with Crippen molar-refractivity contribution in [3.05, 3.63) is 47.8 Å². The quantitative estimate of drug-likeness (QED) is 0.924. The predicted molar refractivity (Wildman–Crippen MR) is 88.5 cm³/mol. The Kier molecular flexibility index (Phi) is 3.04. The number of methoxy groups -OCH3 is 1. The first-order chi connectivity index (χ1) is 11.1. The van der Waals surface area contributed by atoms with Crippen LogP contribution in [0.2, 0.25) is 0 Å². The molecule has 118 valence electrons. The molecule has 1 aliphatic heterocycles. The fraction of sp³-hybridized carbons (Fsp3) is 0.333. The smallest absolute Gasteiger partial charge is 0.282 e. The lowest BCUT2D eigenvalue weighted by molar-refractivity contribution is 0.157. The molecule has 2 N–H and O–H groups in total. The number of aliphatic imine (C=N–C) groups is 1. The van der Waals surface area contributed by atoms with Crippen molar-refractivity contribution < 1.29 is 9.47 Å². The average molecular weight is 309 g/mol. The van der Waals surface area contributed by atoms with Crippen LogP contribution in [0.1, 0.15) is 18.1 Å². The summed E-state index contributed by atoms with van der Waals surface area (Å²) >= 11 is 0. The van der Waals surface area contributed by atoms with Gasteiger partial charge in [0.2, 0.25) is 0 Å². The first-order valence-electron chi connectivity index (χ1n) is 7.73. The van der Waals surface area contributed by atoms with Crippen molar-refractivity contribution >= 4 is 6.02 Å². The number of ether oxygens (including phenoxy) is 2. The summed E-state index contributed by atoms with van der Waals surface area (Å²) in [5, 5.41) is 0. The van der Waals surface area contributed by atoms with Gasteiger partial charge in [-0.25, -0.2) is 4.99 Å². The molecular formula is C18H19N3O2. The number of amidine groups is 1. The second-order valence-electron chi connectivity index (χ2n) is 6.22. The Morgan fingerprint density at radius 3 is 2.91 bits per heavy atom. The second kappa shape index (κ2) is 4.98. The maximum absolute atomic E-state index is 5.80. The van der Waals surface area contributed by atoms with Crippen molar-refractivity contribution in [2.75, 3.05) is 7.11 Å². The van der Waals surface area contributed by atoms with E-state index in [2.05, 4.69) is 28.2 Å². The minimum absolute atomic E-state index is 0.00816. The van der Waals surface area contributed by atoms with Gasteiger partial charge in [-0.15, -0.1) is 0 Å². The molecule has 4 rings (SSSR count). The Hall–Kier alpha value is -2.56. The zero-order valence-electron chi connectivity index (χ0n) is 13.2. The summed E-state index contributed by atoms with van der Waals surface area (Å²) in [4.78, 5) is 8.89. The summed E-state index contributed by atoms with van der Waals surface area (Å²) in [6.45, 7) is 2.04. The van der Waals surface area contributed by atoms with E-state index in [1.54, 1.807) is 13.3 Å². The number of hydrogen-bond acceptors (Lipinski definition) is 5. The molecular weight excluding hydrogens is 290 g/mol. The molecule has 1 aromatic carbocycles. The number of hydrogen-bond donors (Lipinski definition) is 1. The molecule has 2 heterocycles. The summed E-state index contributed by atoms with van der Waals surface area (Å²) in [7, 11) is 1.65. The lowest BCUT2D eigenvalue weighted by Gasteiger charge is -2.23. The third-order valence-electron chi connectivity index (χ3n) is 4.90. The van der Waals surface area contributed by atoms with Crippen LogP contribution in [0.25, 0.3) is 11.1 Å². The number of aromatic nitrogens is 1. The van der Waals surface area contributed by atoms with Crippen LogP contribution in [0.4, 0.5) is 0 Å². The molecule has 0 saturated heterocycles. The standard InChI is InChI=1S/C18H19N3O2/c1-11-18(21-17(19)23-11)7-12-4-3-5-15(16(12)8-18)13-6-14(22-2)10-20-9-13/h3-6,9-11H,7-8H2,1-2H3,(H2,19,21)/t11-,18-/m1/s1. The van der Waals surface area contributed by atoms with Crippen LogP contribution in [0.15, 0.2) is 41.7 Å². The lowest BCUT2D eigenvalue weighted by atomic mass is 9.90. The molecule has 2 aliphatic rings. The molecule has 0 amide bonds. The van der Waals surface area contributed by atoms with Gasteiger partial charge < -0.3 is 15.2 Å². The molecule has 5 nitrogen and oxygen atoms in total. The van der Waals surface area contributed by atoms with Crippen molar-refractivity contribution in [1.29, 1.82) is 0 Å². The zero-order chi connectivity index (χ0) is 16.0. The van der Waals surface area contributed by atoms with Crippen LogP contribution in [-0.2, 0) is 17.6 Å². The summed E-state index contributed by atoms with van der Waals surface area (Å²) in [6.07, 6.45) is 5.26. The number of nitrogens with zero attached hydrogens (tertiary/aromatic N) is 2. The number of benzene rings is 1. The van der Waals surface area contributed by atoms with E-state index in [9.17, 15) is 0 Å². The third-order valence-corrected chi connectivity index (χ3v) is 4.90. The second-order valence-corrected chi connectivity index (χ2v) is 6.22. The molecule has 0 unspecified atom stereocenters. The molecule has 5 heteroatoms. The number of nitrogens with two attached hydrogens (primary N) is 1. The largest absolute Gasteiger partial charge is 0.495 e. The first-order valence-corrected chi connectivity index (χ1v) is 7.73. The van der Waals surface area contributed by atoms with Gasteiger partial charge in [-0.3, -0.25) is 4.98 Å². The van der Waals surface area contributed by atoms with Crippen molar-refractivity contribution in [2.45, 2.75) is 31.4 Å². The van der Waals surface area contributed by atoms with E-state index in [0.717, 1.165) is 24.2 Å². The Balaban J connectivity index is 1.79. The van der Waals surface area contributed by atoms with E-state index in [1.165, 1.54) is 16.7 Å². The number of pyridine rings is 1. The molecule has 0 radical (unpaired) electrons. The number of fused-ring (bicyclic) bond motifs is 1. The third kappa shape index (κ3) is 2.15. The van der Waals surface area contributed by atoms with Crippen LogP contribution in [0.3, 0.4) is 0 Å². The fourth-order valence-electron chi connectivity index (χ4n) is 3.65. The van der Waals surface area contributed by atoms with Gasteiger partial charge in [-0.05, 0) is 29.7 Å². The van der Waals surface area contributed by atoms with Crippen molar-refractivity contribution in [1.82, 2.24) is 4.98 Å². The van der Waals surface area contributed by atoms with E-state index in [4.69, 9.17) is 15.2 Å². The molecule has 1 spiro atoms. The van der Waals surface area contributed by atoms with E-state index in [0.29, 0.717) is 6.02 Å². The monoisotopic (exact) mass is 309 g/mol. The Bertz CT molecular complexity index is 803. The number of rotatable bonds is 2. The van der Waals surface area contributed by atoms with Gasteiger partial charge in [0.05, 0.1) is 13.3 Å². The molecule has 1 aromatic heterocycles. The SMILES string of the molecule is COc1cncc(-c2cccc3c2C[C@@]2(C3)N=C(N)O[C@@H]2C)c1. The van der Waals surface area contributed by atoms with Gasteiger partial charge >= 0.3 is 0 Å². The normalized spacial score (nSPS) is 25.1. The minimum Gasteiger partial charge on any atom is -0.495 e. The Labute approximate surface area is 135 Å². The van der Waals surface area contributed by atoms with Gasteiger partial charge in [0.1, 0.15) is 17.4 Å². The van der Waals surface area contributed by atoms with Crippen LogP contribution in [-0.4, -0.2) is 29.8 Å². The molecule has 2 aromatic rings. The summed E-state index contributed by atoms with van der Waals surface area (Å²) in [6, 6.07) is 8.69.